The van der Waals surface area contributed by atoms with Crippen LogP contribution in [0.2, 0.25) is 0 Å². The molecular formula is C28H35N5O4. The minimum absolute atomic E-state index is 0.0187. The molecule has 1 aromatic carbocycles. The normalized spacial score (nSPS) is 21.4. The number of nitrogens with one attached hydrogen (secondary N) is 1. The predicted octanol–water partition coefficient (Wildman–Crippen LogP) is 2.95. The van der Waals surface area contributed by atoms with Crippen molar-refractivity contribution in [1.82, 2.24) is 24.3 Å². The van der Waals surface area contributed by atoms with Crippen LogP contribution in [0.5, 0.6) is 0 Å². The molecule has 2 fully saturated rings. The van der Waals surface area contributed by atoms with E-state index in [0.717, 1.165) is 11.9 Å². The Bertz CT molecular complexity index is 1280. The molecule has 0 aliphatic carbocycles. The summed E-state index contributed by atoms with van der Waals surface area (Å²) in [6, 6.07) is 14.1. The van der Waals surface area contributed by atoms with E-state index in [1.54, 1.807) is 17.9 Å². The van der Waals surface area contributed by atoms with E-state index < -0.39 is 0 Å². The molecular weight excluding hydrogens is 470 g/mol. The number of aromatic amines is 1. The molecule has 196 valence electrons. The van der Waals surface area contributed by atoms with E-state index >= 15 is 0 Å². The lowest BCUT2D eigenvalue weighted by Gasteiger charge is -2.33. The molecule has 0 bridgehead atoms. The standard InChI is InChI=1S/C28H35N5O4/c1-37-17-16-32-19-22(20-6-3-2-4-7-20)10-9-21(27(32)35)18-25(34)31-14-11-23(12-15-31)33-24-8-5-13-29-26(24)30-28(33)36/h2-8,13,21-23H,9-12,14-19H2,1H3,(H,29,30,36). The predicted molar refractivity (Wildman–Crippen MR) is 140 cm³/mol. The van der Waals surface area contributed by atoms with E-state index in [1.807, 2.05) is 40.1 Å². The van der Waals surface area contributed by atoms with Crippen LogP contribution >= 0.6 is 0 Å². The molecule has 2 saturated heterocycles. The van der Waals surface area contributed by atoms with Crippen LogP contribution < -0.4 is 5.69 Å². The van der Waals surface area contributed by atoms with Crippen molar-refractivity contribution in [3.63, 3.8) is 0 Å². The first-order valence-corrected chi connectivity index (χ1v) is 13.2. The smallest absolute Gasteiger partial charge is 0.327 e. The highest BCUT2D eigenvalue weighted by Crippen LogP contribution is 2.32. The first-order valence-electron chi connectivity index (χ1n) is 13.2. The summed E-state index contributed by atoms with van der Waals surface area (Å²) in [5.74, 6) is 0.00564. The molecule has 2 amide bonds. The number of likely N-dealkylation sites (tertiary alicyclic amines) is 2. The molecule has 5 rings (SSSR count). The molecule has 37 heavy (non-hydrogen) atoms. The number of carbonyl (C=O) groups is 2. The van der Waals surface area contributed by atoms with Gasteiger partial charge in [-0.25, -0.2) is 9.78 Å². The third-order valence-electron chi connectivity index (χ3n) is 7.90. The zero-order chi connectivity index (χ0) is 25.8. The number of hydrogen-bond donors (Lipinski definition) is 1. The first kappa shape index (κ1) is 25.2. The number of methoxy groups -OCH3 is 1. The molecule has 2 atom stereocenters. The number of nitrogens with zero attached hydrogens (tertiary/aromatic N) is 4. The molecule has 2 aromatic heterocycles. The summed E-state index contributed by atoms with van der Waals surface area (Å²) in [4.78, 5) is 50.2. The van der Waals surface area contributed by atoms with E-state index in [2.05, 4.69) is 22.1 Å². The van der Waals surface area contributed by atoms with Gasteiger partial charge in [0.1, 0.15) is 0 Å². The van der Waals surface area contributed by atoms with Gasteiger partial charge in [-0.15, -0.1) is 0 Å². The summed E-state index contributed by atoms with van der Waals surface area (Å²) in [5, 5.41) is 0. The van der Waals surface area contributed by atoms with Gasteiger partial charge in [0.15, 0.2) is 5.65 Å². The van der Waals surface area contributed by atoms with Gasteiger partial charge in [0.25, 0.3) is 0 Å². The Balaban J connectivity index is 1.23. The van der Waals surface area contributed by atoms with Crippen LogP contribution in [-0.4, -0.2) is 76.0 Å². The highest BCUT2D eigenvalue weighted by molar-refractivity contribution is 5.86. The number of H-pyrrole nitrogens is 1. The zero-order valence-corrected chi connectivity index (χ0v) is 21.3. The van der Waals surface area contributed by atoms with E-state index in [-0.39, 0.29) is 41.8 Å². The minimum atomic E-state index is -0.321. The van der Waals surface area contributed by atoms with Gasteiger partial charge in [0, 0.05) is 63.8 Å². The van der Waals surface area contributed by atoms with Crippen molar-refractivity contribution >= 4 is 23.0 Å². The third kappa shape index (κ3) is 5.46. The lowest BCUT2D eigenvalue weighted by Crippen LogP contribution is -2.43. The summed E-state index contributed by atoms with van der Waals surface area (Å²) < 4.78 is 7.04. The Labute approximate surface area is 216 Å². The topological polar surface area (TPSA) is 101 Å². The summed E-state index contributed by atoms with van der Waals surface area (Å²) in [5.41, 5.74) is 2.45. The minimum Gasteiger partial charge on any atom is -0.383 e. The maximum Gasteiger partial charge on any atom is 0.327 e. The van der Waals surface area contributed by atoms with Crippen molar-refractivity contribution in [3.05, 3.63) is 64.7 Å². The second kappa shape index (κ2) is 11.3. The average Bonchev–Trinajstić information content (AvgIpc) is 3.19. The van der Waals surface area contributed by atoms with E-state index in [1.165, 1.54) is 5.56 Å². The number of benzene rings is 1. The fourth-order valence-electron chi connectivity index (χ4n) is 5.86. The summed E-state index contributed by atoms with van der Waals surface area (Å²) in [6.07, 6.45) is 4.85. The fourth-order valence-corrected chi connectivity index (χ4v) is 5.86. The maximum atomic E-state index is 13.5. The Morgan fingerprint density at radius 3 is 2.59 bits per heavy atom. The number of aromatic nitrogens is 3. The SMILES string of the molecule is COCCN1CC(c2ccccc2)CCC(CC(=O)N2CCC(n3c(=O)[nH]c4ncccc43)CC2)C1=O. The van der Waals surface area contributed by atoms with Gasteiger partial charge in [-0.2, -0.15) is 0 Å². The van der Waals surface area contributed by atoms with Crippen molar-refractivity contribution in [2.45, 2.75) is 44.1 Å². The van der Waals surface area contributed by atoms with Crippen LogP contribution in [0.3, 0.4) is 0 Å². The Hall–Kier alpha value is -3.46. The van der Waals surface area contributed by atoms with Crippen molar-refractivity contribution < 1.29 is 14.3 Å². The van der Waals surface area contributed by atoms with Crippen molar-refractivity contribution in [1.29, 1.82) is 0 Å². The monoisotopic (exact) mass is 505 g/mol. The highest BCUT2D eigenvalue weighted by atomic mass is 16.5. The van der Waals surface area contributed by atoms with Gasteiger partial charge in [-0.05, 0) is 43.4 Å². The molecule has 0 saturated carbocycles. The fraction of sp³-hybridized carbons (Fsp3) is 0.500. The number of pyridine rings is 1. The number of imidazole rings is 1. The zero-order valence-electron chi connectivity index (χ0n) is 21.3. The number of rotatable bonds is 7. The Morgan fingerprint density at radius 2 is 1.84 bits per heavy atom. The van der Waals surface area contributed by atoms with Crippen LogP contribution in [0.25, 0.3) is 11.2 Å². The lowest BCUT2D eigenvalue weighted by atomic mass is 9.90. The summed E-state index contributed by atoms with van der Waals surface area (Å²) >= 11 is 0. The van der Waals surface area contributed by atoms with Gasteiger partial charge in [0.2, 0.25) is 11.8 Å². The van der Waals surface area contributed by atoms with E-state index in [4.69, 9.17) is 4.74 Å². The molecule has 9 heteroatoms. The van der Waals surface area contributed by atoms with Crippen molar-refractivity contribution in [3.8, 4) is 0 Å². The van der Waals surface area contributed by atoms with E-state index in [0.29, 0.717) is 57.7 Å². The molecule has 0 spiro atoms. The van der Waals surface area contributed by atoms with Crippen molar-refractivity contribution in [2.24, 2.45) is 5.92 Å². The third-order valence-corrected chi connectivity index (χ3v) is 7.90. The van der Waals surface area contributed by atoms with Gasteiger partial charge in [-0.3, -0.25) is 19.1 Å². The lowest BCUT2D eigenvalue weighted by molar-refractivity contribution is -0.142. The average molecular weight is 506 g/mol. The number of carbonyl (C=O) groups excluding carboxylic acids is 2. The van der Waals surface area contributed by atoms with Gasteiger partial charge in [0.05, 0.1) is 12.1 Å². The molecule has 2 aliphatic heterocycles. The van der Waals surface area contributed by atoms with Gasteiger partial charge < -0.3 is 14.5 Å². The molecule has 4 heterocycles. The Kier molecular flexibility index (Phi) is 7.69. The number of ether oxygens (including phenoxy) is 1. The second-order valence-electron chi connectivity index (χ2n) is 10.1. The molecule has 1 N–H and O–H groups in total. The Morgan fingerprint density at radius 1 is 1.05 bits per heavy atom. The largest absolute Gasteiger partial charge is 0.383 e. The molecule has 2 aliphatic rings. The summed E-state index contributed by atoms with van der Waals surface area (Å²) in [6.45, 7) is 2.80. The molecule has 2 unspecified atom stereocenters. The van der Waals surface area contributed by atoms with Crippen LogP contribution in [0.1, 0.15) is 49.6 Å². The van der Waals surface area contributed by atoms with Crippen LogP contribution in [0, 0.1) is 5.92 Å². The number of fused-ring (bicyclic) bond motifs is 1. The van der Waals surface area contributed by atoms with Crippen LogP contribution in [0.4, 0.5) is 0 Å². The van der Waals surface area contributed by atoms with Gasteiger partial charge in [-0.1, -0.05) is 30.3 Å². The number of amides is 2. The molecule has 3 aromatic rings. The highest BCUT2D eigenvalue weighted by Gasteiger charge is 2.34. The van der Waals surface area contributed by atoms with Crippen molar-refractivity contribution in [2.75, 3.05) is 39.9 Å². The van der Waals surface area contributed by atoms with Gasteiger partial charge >= 0.3 is 5.69 Å². The number of hydrogen-bond acceptors (Lipinski definition) is 5. The van der Waals surface area contributed by atoms with Crippen LogP contribution in [0.15, 0.2) is 53.5 Å². The van der Waals surface area contributed by atoms with E-state index in [9.17, 15) is 14.4 Å². The van der Waals surface area contributed by atoms with Crippen LogP contribution in [-0.2, 0) is 14.3 Å². The molecule has 9 nitrogen and oxygen atoms in total. The summed E-state index contributed by atoms with van der Waals surface area (Å²) in [7, 11) is 1.64. The quantitative estimate of drug-likeness (QED) is 0.532. The number of piperidine rings is 1. The maximum absolute atomic E-state index is 13.5. The molecule has 0 radical (unpaired) electrons. The second-order valence-corrected chi connectivity index (χ2v) is 10.1. The first-order chi connectivity index (χ1) is 18.0.